The number of phenolic OH excluding ortho intramolecular Hbond substituents is 1. The van der Waals surface area contributed by atoms with Crippen molar-refractivity contribution in [2.75, 3.05) is 67.5 Å². The molecule has 14 heteroatoms. The largest absolute Gasteiger partial charge is 0.507 e. The van der Waals surface area contributed by atoms with Crippen LogP contribution in [0.25, 0.3) is 11.3 Å². The van der Waals surface area contributed by atoms with Crippen LogP contribution in [0.1, 0.15) is 72.1 Å². The highest BCUT2D eigenvalue weighted by Gasteiger charge is 2.46. The normalized spacial score (nSPS) is 28.2. The number of nitrogens with one attached hydrogen (secondary N) is 2. The molecule has 10 rings (SSSR count). The van der Waals surface area contributed by atoms with Gasteiger partial charge in [0.25, 0.3) is 11.8 Å². The topological polar surface area (TPSA) is 155 Å². The third kappa shape index (κ3) is 6.26. The maximum Gasteiger partial charge on any atom is 0.262 e. The molecule has 7 aliphatic rings. The Bertz CT molecular complexity index is 2070. The molecule has 0 radical (unpaired) electrons. The zero-order valence-electron chi connectivity index (χ0n) is 31.6. The van der Waals surface area contributed by atoms with E-state index in [2.05, 4.69) is 46.5 Å². The molecular formula is C42H49N9O5. The molecule has 1 aromatic heterocycles. The quantitative estimate of drug-likeness (QED) is 0.303. The summed E-state index contributed by atoms with van der Waals surface area (Å²) in [6.45, 7) is 8.43. The van der Waals surface area contributed by atoms with E-state index in [-0.39, 0.29) is 24.5 Å². The molecule has 14 nitrogen and oxygen atoms in total. The molecule has 7 aliphatic heterocycles. The van der Waals surface area contributed by atoms with Gasteiger partial charge in [0, 0.05) is 69.0 Å². The standard InChI is InChI=1S/C42H49N9O5/c52-37-4-2-1-3-32(37)34-20-36-39(46-45-34)43-21-30-24-48(15-16-49(30)36)22-25-11-13-47(14-12-25)23-26-17-27-5-6-28(18-26)50(27)29-7-8-31-33(19-29)42(56)51(41(31)55)35-9-10-38(53)44-40(35)54/h1-4,7-8,19-20,25-28,30,35,52H,5-6,9-18,21-24H2,(H,43,46)(H,44,53,54)/t26?,27-,28+,30-,35?/m0/s1. The van der Waals surface area contributed by atoms with E-state index < -0.39 is 23.8 Å². The van der Waals surface area contributed by atoms with Crippen molar-refractivity contribution in [2.45, 2.75) is 75.5 Å². The van der Waals surface area contributed by atoms with Crippen LogP contribution in [-0.2, 0) is 9.59 Å². The number of nitrogens with zero attached hydrogens (tertiary/aromatic N) is 7. The molecule has 5 fully saturated rings. The minimum atomic E-state index is -0.951. The number of piperidine rings is 3. The van der Waals surface area contributed by atoms with Gasteiger partial charge >= 0.3 is 0 Å². The molecule has 292 valence electrons. The fourth-order valence-electron chi connectivity index (χ4n) is 10.9. The third-order valence-corrected chi connectivity index (χ3v) is 13.6. The summed E-state index contributed by atoms with van der Waals surface area (Å²) >= 11 is 0. The van der Waals surface area contributed by atoms with Gasteiger partial charge in [-0.1, -0.05) is 12.1 Å². The summed E-state index contributed by atoms with van der Waals surface area (Å²) in [4.78, 5) is 62.4. The summed E-state index contributed by atoms with van der Waals surface area (Å²) in [5.74, 6) is 0.529. The Hall–Kier alpha value is -5.08. The Kier molecular flexibility index (Phi) is 8.92. The van der Waals surface area contributed by atoms with Gasteiger partial charge in [0.2, 0.25) is 11.8 Å². The number of hydrogen-bond acceptors (Lipinski definition) is 12. The van der Waals surface area contributed by atoms with Crippen LogP contribution in [0.2, 0.25) is 0 Å². The van der Waals surface area contributed by atoms with Crippen molar-refractivity contribution in [1.82, 2.24) is 30.2 Å². The van der Waals surface area contributed by atoms with Crippen LogP contribution in [-0.4, -0.2) is 130 Å². The summed E-state index contributed by atoms with van der Waals surface area (Å²) in [7, 11) is 0. The molecule has 0 aliphatic carbocycles. The van der Waals surface area contributed by atoms with Gasteiger partial charge in [-0.15, -0.1) is 10.2 Å². The second kappa shape index (κ2) is 14.1. The molecule has 2 aromatic carbocycles. The predicted octanol–water partition coefficient (Wildman–Crippen LogP) is 3.33. The molecule has 56 heavy (non-hydrogen) atoms. The molecule has 0 saturated carbocycles. The van der Waals surface area contributed by atoms with Crippen molar-refractivity contribution in [3.8, 4) is 17.0 Å². The fraction of sp³-hybridized carbons (Fsp3) is 0.524. The van der Waals surface area contributed by atoms with Gasteiger partial charge in [0.1, 0.15) is 11.8 Å². The number of hydrogen-bond donors (Lipinski definition) is 3. The van der Waals surface area contributed by atoms with Crippen LogP contribution >= 0.6 is 0 Å². The molecule has 5 saturated heterocycles. The first-order valence-corrected chi connectivity index (χ1v) is 20.5. The first-order chi connectivity index (χ1) is 27.3. The number of piperazine rings is 1. The number of carbonyl (C=O) groups excluding carboxylic acids is 4. The number of benzene rings is 2. The molecule has 4 amide bonds. The summed E-state index contributed by atoms with van der Waals surface area (Å²) in [5.41, 5.74) is 4.14. The Morgan fingerprint density at radius 2 is 1.50 bits per heavy atom. The van der Waals surface area contributed by atoms with E-state index in [1.54, 1.807) is 12.1 Å². The minimum Gasteiger partial charge on any atom is -0.507 e. The first-order valence-electron chi connectivity index (χ1n) is 20.5. The van der Waals surface area contributed by atoms with Crippen molar-refractivity contribution in [3.63, 3.8) is 0 Å². The molecule has 3 N–H and O–H groups in total. The molecule has 8 heterocycles. The van der Waals surface area contributed by atoms with Gasteiger partial charge in [-0.3, -0.25) is 34.3 Å². The summed E-state index contributed by atoms with van der Waals surface area (Å²) < 4.78 is 0. The smallest absolute Gasteiger partial charge is 0.262 e. The van der Waals surface area contributed by atoms with Crippen LogP contribution in [0.5, 0.6) is 5.75 Å². The zero-order chi connectivity index (χ0) is 38.1. The molecule has 0 spiro atoms. The van der Waals surface area contributed by atoms with Gasteiger partial charge in [-0.05, 0) is 106 Å². The Morgan fingerprint density at radius 1 is 0.732 bits per heavy atom. The van der Waals surface area contributed by atoms with E-state index in [0.717, 1.165) is 100 Å². The lowest BCUT2D eigenvalue weighted by Gasteiger charge is -2.47. The Balaban J connectivity index is 0.712. The van der Waals surface area contributed by atoms with Crippen molar-refractivity contribution in [2.24, 2.45) is 11.8 Å². The van der Waals surface area contributed by atoms with Crippen molar-refractivity contribution in [1.29, 1.82) is 0 Å². The number of amides is 4. The van der Waals surface area contributed by atoms with E-state index in [0.29, 0.717) is 52.3 Å². The molecule has 2 bridgehead atoms. The average Bonchev–Trinajstić information content (AvgIpc) is 3.62. The SMILES string of the molecule is O=C1CCC(N2C(=O)c3ccc(N4[C@@H]5CC[C@H]4CC(CN4CCC(CN6CCN7c8cc(-c9ccccc9O)nnc8NC[C@H]7C6)CC4)C5)cc3C2=O)C(=O)N1. The van der Waals surface area contributed by atoms with Gasteiger partial charge in [0.05, 0.1) is 28.6 Å². The number of aromatic hydroxyl groups is 1. The zero-order valence-corrected chi connectivity index (χ0v) is 31.6. The highest BCUT2D eigenvalue weighted by atomic mass is 16.3. The van der Waals surface area contributed by atoms with E-state index in [4.69, 9.17) is 0 Å². The van der Waals surface area contributed by atoms with Crippen molar-refractivity contribution in [3.05, 3.63) is 59.7 Å². The number of likely N-dealkylation sites (tertiary alicyclic amines) is 1. The number of carbonyl (C=O) groups is 4. The highest BCUT2D eigenvalue weighted by Crippen LogP contribution is 2.44. The number of para-hydroxylation sites is 1. The lowest BCUT2D eigenvalue weighted by molar-refractivity contribution is -0.136. The Labute approximate surface area is 326 Å². The fourth-order valence-corrected chi connectivity index (χ4v) is 10.9. The lowest BCUT2D eigenvalue weighted by Crippen LogP contribution is -2.58. The van der Waals surface area contributed by atoms with Gasteiger partial charge in [0.15, 0.2) is 5.82 Å². The van der Waals surface area contributed by atoms with Gasteiger partial charge in [-0.2, -0.15) is 0 Å². The molecule has 5 atom stereocenters. The third-order valence-electron chi connectivity index (χ3n) is 13.6. The minimum absolute atomic E-state index is 0.111. The van der Waals surface area contributed by atoms with Crippen LogP contribution in [0.4, 0.5) is 17.2 Å². The van der Waals surface area contributed by atoms with E-state index in [1.165, 1.54) is 12.8 Å². The molecular weight excluding hydrogens is 711 g/mol. The van der Waals surface area contributed by atoms with Crippen LogP contribution < -0.4 is 20.4 Å². The van der Waals surface area contributed by atoms with E-state index >= 15 is 0 Å². The number of fused-ring (bicyclic) bond motifs is 6. The monoisotopic (exact) mass is 759 g/mol. The maximum atomic E-state index is 13.5. The number of anilines is 3. The summed E-state index contributed by atoms with van der Waals surface area (Å²) in [6.07, 6.45) is 7.26. The predicted molar refractivity (Wildman–Crippen MR) is 209 cm³/mol. The maximum absolute atomic E-state index is 13.5. The highest BCUT2D eigenvalue weighted by molar-refractivity contribution is 6.23. The van der Waals surface area contributed by atoms with Gasteiger partial charge < -0.3 is 25.1 Å². The number of phenols is 1. The first kappa shape index (κ1) is 35.3. The number of rotatable bonds is 7. The number of imide groups is 2. The summed E-state index contributed by atoms with van der Waals surface area (Å²) in [6, 6.07) is 15.2. The van der Waals surface area contributed by atoms with Crippen LogP contribution in [0, 0.1) is 11.8 Å². The van der Waals surface area contributed by atoms with Crippen LogP contribution in [0.15, 0.2) is 48.5 Å². The van der Waals surface area contributed by atoms with Crippen LogP contribution in [0.3, 0.4) is 0 Å². The number of aromatic nitrogens is 2. The second-order valence-electron chi connectivity index (χ2n) is 17.0. The van der Waals surface area contributed by atoms with Crippen molar-refractivity contribution < 1.29 is 24.3 Å². The van der Waals surface area contributed by atoms with Gasteiger partial charge in [-0.25, -0.2) is 0 Å². The summed E-state index contributed by atoms with van der Waals surface area (Å²) in [5, 5.41) is 25.1. The average molecular weight is 760 g/mol. The van der Waals surface area contributed by atoms with E-state index in [1.807, 2.05) is 30.3 Å². The van der Waals surface area contributed by atoms with Crippen molar-refractivity contribution >= 4 is 40.8 Å². The lowest BCUT2D eigenvalue weighted by atomic mass is 9.88. The molecule has 3 aromatic rings. The van der Waals surface area contributed by atoms with E-state index in [9.17, 15) is 24.3 Å². The molecule has 2 unspecified atom stereocenters. The Morgan fingerprint density at radius 3 is 2.29 bits per heavy atom. The second-order valence-corrected chi connectivity index (χ2v) is 17.0.